The molecule has 1 atom stereocenters. The highest BCUT2D eigenvalue weighted by Crippen LogP contribution is 2.27. The number of rotatable bonds is 3. The molecule has 1 saturated heterocycles. The second kappa shape index (κ2) is 6.33. The third-order valence-corrected chi connectivity index (χ3v) is 3.72. The van der Waals surface area contributed by atoms with Gasteiger partial charge in [0.1, 0.15) is 6.04 Å². The van der Waals surface area contributed by atoms with Crippen LogP contribution in [0.3, 0.4) is 0 Å². The van der Waals surface area contributed by atoms with Gasteiger partial charge in [-0.05, 0) is 18.6 Å². The number of carboxylic acids is 1. The van der Waals surface area contributed by atoms with E-state index in [1.165, 1.54) is 12.1 Å². The summed E-state index contributed by atoms with van der Waals surface area (Å²) in [5.41, 5.74) is -0.773. The van der Waals surface area contributed by atoms with Gasteiger partial charge in [0.25, 0.3) is 5.91 Å². The number of carbonyl (C=O) groups excluding carboxylic acids is 3. The molecule has 1 fully saturated rings. The first kappa shape index (κ1) is 16.3. The first-order valence-corrected chi connectivity index (χ1v) is 6.92. The standard InChI is InChI=1S/C13H10Cl2N2O5/c14-5-1-2-6(15)10(13(21)22)9(5)12(20)16-7-3-4-8(18)17-11(7)19/h1-2,7H,3-4H2,(H,16,20)(H,21,22)(H,17,18,19). The van der Waals surface area contributed by atoms with Crippen LogP contribution in [0.2, 0.25) is 10.0 Å². The number of carboxylic acid groups (broad SMARTS) is 1. The zero-order valence-electron chi connectivity index (χ0n) is 11.0. The van der Waals surface area contributed by atoms with Gasteiger partial charge in [0.15, 0.2) is 0 Å². The van der Waals surface area contributed by atoms with Crippen molar-refractivity contribution in [3.8, 4) is 0 Å². The van der Waals surface area contributed by atoms with Crippen LogP contribution in [0.1, 0.15) is 33.6 Å². The molecule has 1 aliphatic rings. The van der Waals surface area contributed by atoms with Crippen LogP contribution in [0.15, 0.2) is 12.1 Å². The van der Waals surface area contributed by atoms with E-state index in [1.54, 1.807) is 0 Å². The number of amides is 3. The van der Waals surface area contributed by atoms with Crippen molar-refractivity contribution in [2.45, 2.75) is 18.9 Å². The second-order valence-electron chi connectivity index (χ2n) is 4.56. The van der Waals surface area contributed by atoms with E-state index in [0.717, 1.165) is 0 Å². The quantitative estimate of drug-likeness (QED) is 0.713. The lowest BCUT2D eigenvalue weighted by Gasteiger charge is -2.22. The summed E-state index contributed by atoms with van der Waals surface area (Å²) in [6, 6.07) is 1.60. The molecule has 0 saturated carbocycles. The number of aromatic carboxylic acids is 1. The van der Waals surface area contributed by atoms with Crippen LogP contribution in [-0.4, -0.2) is 34.8 Å². The molecule has 1 unspecified atom stereocenters. The van der Waals surface area contributed by atoms with Gasteiger partial charge in [-0.3, -0.25) is 19.7 Å². The minimum Gasteiger partial charge on any atom is -0.478 e. The zero-order valence-corrected chi connectivity index (χ0v) is 12.5. The van der Waals surface area contributed by atoms with E-state index in [2.05, 4.69) is 10.6 Å². The maximum absolute atomic E-state index is 12.3. The first-order chi connectivity index (χ1) is 10.3. The molecule has 0 bridgehead atoms. The molecule has 9 heteroatoms. The lowest BCUT2D eigenvalue weighted by atomic mass is 10.0. The van der Waals surface area contributed by atoms with Gasteiger partial charge < -0.3 is 10.4 Å². The molecule has 3 amide bonds. The number of benzene rings is 1. The lowest BCUT2D eigenvalue weighted by Crippen LogP contribution is -2.52. The Morgan fingerprint density at radius 2 is 1.77 bits per heavy atom. The fourth-order valence-electron chi connectivity index (χ4n) is 2.04. The summed E-state index contributed by atoms with van der Waals surface area (Å²) < 4.78 is 0. The van der Waals surface area contributed by atoms with Crippen LogP contribution in [0.4, 0.5) is 0 Å². The van der Waals surface area contributed by atoms with E-state index in [4.69, 9.17) is 28.3 Å². The van der Waals surface area contributed by atoms with Crippen molar-refractivity contribution in [1.82, 2.24) is 10.6 Å². The predicted molar refractivity (Wildman–Crippen MR) is 77.1 cm³/mol. The summed E-state index contributed by atoms with van der Waals surface area (Å²) in [4.78, 5) is 46.2. The SMILES string of the molecule is O=C1CCC(NC(=O)c2c(Cl)ccc(Cl)c2C(=O)O)C(=O)N1. The van der Waals surface area contributed by atoms with Crippen LogP contribution in [-0.2, 0) is 9.59 Å². The van der Waals surface area contributed by atoms with Crippen molar-refractivity contribution >= 4 is 46.9 Å². The summed E-state index contributed by atoms with van der Waals surface area (Å²) in [6.07, 6.45) is 0.197. The summed E-state index contributed by atoms with van der Waals surface area (Å²) in [5, 5.41) is 13.4. The van der Waals surface area contributed by atoms with Crippen LogP contribution < -0.4 is 10.6 Å². The summed E-state index contributed by atoms with van der Waals surface area (Å²) in [7, 11) is 0. The van der Waals surface area contributed by atoms with Crippen molar-refractivity contribution in [3.63, 3.8) is 0 Å². The van der Waals surface area contributed by atoms with Crippen LogP contribution in [0.25, 0.3) is 0 Å². The number of imide groups is 1. The van der Waals surface area contributed by atoms with Crippen molar-refractivity contribution in [2.24, 2.45) is 0 Å². The van der Waals surface area contributed by atoms with Gasteiger partial charge >= 0.3 is 5.97 Å². The molecule has 1 aliphatic heterocycles. The van der Waals surface area contributed by atoms with Crippen molar-refractivity contribution in [3.05, 3.63) is 33.3 Å². The minimum absolute atomic E-state index is 0.0752. The highest BCUT2D eigenvalue weighted by molar-refractivity contribution is 6.38. The molecule has 1 aromatic carbocycles. The predicted octanol–water partition coefficient (Wildman–Crippen LogP) is 1.23. The van der Waals surface area contributed by atoms with Crippen LogP contribution >= 0.6 is 23.2 Å². The minimum atomic E-state index is -1.42. The number of hydrogen-bond acceptors (Lipinski definition) is 4. The van der Waals surface area contributed by atoms with E-state index in [1.807, 2.05) is 0 Å². The van der Waals surface area contributed by atoms with Gasteiger partial charge in [-0.2, -0.15) is 0 Å². The van der Waals surface area contributed by atoms with Crippen LogP contribution in [0, 0.1) is 0 Å². The number of piperidine rings is 1. The lowest BCUT2D eigenvalue weighted by molar-refractivity contribution is -0.134. The average molecular weight is 345 g/mol. The Morgan fingerprint density at radius 3 is 2.32 bits per heavy atom. The molecule has 116 valence electrons. The van der Waals surface area contributed by atoms with E-state index in [9.17, 15) is 19.2 Å². The number of hydrogen-bond donors (Lipinski definition) is 3. The molecule has 3 N–H and O–H groups in total. The largest absolute Gasteiger partial charge is 0.478 e. The Labute approximate surface area is 134 Å². The molecule has 0 aromatic heterocycles. The molecule has 7 nitrogen and oxygen atoms in total. The van der Waals surface area contributed by atoms with Crippen molar-refractivity contribution < 1.29 is 24.3 Å². The maximum Gasteiger partial charge on any atom is 0.338 e. The van der Waals surface area contributed by atoms with Crippen LogP contribution in [0.5, 0.6) is 0 Å². The van der Waals surface area contributed by atoms with Crippen molar-refractivity contribution in [1.29, 1.82) is 0 Å². The summed E-state index contributed by atoms with van der Waals surface area (Å²) in [6.45, 7) is 0. The van der Waals surface area contributed by atoms with Gasteiger partial charge in [0.2, 0.25) is 11.8 Å². The summed E-state index contributed by atoms with van der Waals surface area (Å²) in [5.74, 6) is -3.34. The third-order valence-electron chi connectivity index (χ3n) is 3.09. The third kappa shape index (κ3) is 3.20. The Kier molecular flexibility index (Phi) is 4.68. The van der Waals surface area contributed by atoms with Gasteiger partial charge in [-0.1, -0.05) is 23.2 Å². The number of halogens is 2. The Bertz CT molecular complexity index is 689. The van der Waals surface area contributed by atoms with Gasteiger partial charge in [0.05, 0.1) is 21.2 Å². The van der Waals surface area contributed by atoms with Gasteiger partial charge in [0, 0.05) is 6.42 Å². The second-order valence-corrected chi connectivity index (χ2v) is 5.38. The molecular formula is C13H10Cl2N2O5. The maximum atomic E-state index is 12.3. The Balaban J connectivity index is 2.30. The number of nitrogens with one attached hydrogen (secondary N) is 2. The van der Waals surface area contributed by atoms with E-state index in [0.29, 0.717) is 0 Å². The zero-order chi connectivity index (χ0) is 16.4. The molecule has 0 spiro atoms. The Morgan fingerprint density at radius 1 is 1.18 bits per heavy atom. The van der Waals surface area contributed by atoms with Gasteiger partial charge in [-0.25, -0.2) is 4.79 Å². The van der Waals surface area contributed by atoms with Crippen molar-refractivity contribution in [2.75, 3.05) is 0 Å². The smallest absolute Gasteiger partial charge is 0.338 e. The molecule has 1 heterocycles. The summed E-state index contributed by atoms with van der Waals surface area (Å²) >= 11 is 11.7. The molecule has 0 aliphatic carbocycles. The normalized spacial score (nSPS) is 17.8. The van der Waals surface area contributed by atoms with E-state index in [-0.39, 0.29) is 28.5 Å². The fraction of sp³-hybridized carbons (Fsp3) is 0.231. The molecular weight excluding hydrogens is 335 g/mol. The van der Waals surface area contributed by atoms with Gasteiger partial charge in [-0.15, -0.1) is 0 Å². The van der Waals surface area contributed by atoms with E-state index >= 15 is 0 Å². The molecule has 22 heavy (non-hydrogen) atoms. The topological polar surface area (TPSA) is 113 Å². The number of carbonyl (C=O) groups is 4. The first-order valence-electron chi connectivity index (χ1n) is 6.17. The monoisotopic (exact) mass is 344 g/mol. The molecule has 1 aromatic rings. The highest BCUT2D eigenvalue weighted by atomic mass is 35.5. The molecule has 0 radical (unpaired) electrons. The highest BCUT2D eigenvalue weighted by Gasteiger charge is 2.30. The average Bonchev–Trinajstić information content (AvgIpc) is 2.43. The fourth-order valence-corrected chi connectivity index (χ4v) is 2.53. The Hall–Kier alpha value is -2.12. The van der Waals surface area contributed by atoms with E-state index < -0.39 is 35.3 Å². The molecule has 2 rings (SSSR count).